The third-order valence-electron chi connectivity index (χ3n) is 4.48. The van der Waals surface area contributed by atoms with Crippen LogP contribution in [0, 0.1) is 0 Å². The minimum Gasteiger partial charge on any atom is -0.382 e. The van der Waals surface area contributed by atoms with Crippen molar-refractivity contribution in [2.24, 2.45) is 0 Å². The topological polar surface area (TPSA) is 54.7 Å². The molecule has 4 heteroatoms. The molecular weight excluding hydrogens is 282 g/mol. The Kier molecular flexibility index (Phi) is 4.49. The molecule has 1 saturated carbocycles. The number of nitrogens with two attached hydrogens (primary N) is 1. The minimum atomic E-state index is 0.515. The van der Waals surface area contributed by atoms with Crippen molar-refractivity contribution < 1.29 is 0 Å². The van der Waals surface area contributed by atoms with Gasteiger partial charge in [-0.25, -0.2) is 0 Å². The van der Waals surface area contributed by atoms with Gasteiger partial charge in [0.15, 0.2) is 5.82 Å². The maximum Gasteiger partial charge on any atom is 0.153 e. The molecule has 3 N–H and O–H groups in total. The number of halogens is 1. The molecule has 0 spiro atoms. The fourth-order valence-corrected chi connectivity index (χ4v) is 3.59. The summed E-state index contributed by atoms with van der Waals surface area (Å²) in [5.74, 6) is 1.07. The first kappa shape index (κ1) is 14.5. The van der Waals surface area contributed by atoms with Gasteiger partial charge in [-0.1, -0.05) is 61.9 Å². The summed E-state index contributed by atoms with van der Waals surface area (Å²) < 4.78 is 0. The normalized spacial score (nSPS) is 17.4. The van der Waals surface area contributed by atoms with Crippen LogP contribution in [0.4, 0.5) is 5.82 Å². The number of nitrogens with one attached hydrogen (secondary N) is 1. The molecule has 1 aliphatic rings. The summed E-state index contributed by atoms with van der Waals surface area (Å²) in [7, 11) is 0. The SMILES string of the molecule is Nc1n[nH]c(C2CCCCCCC2)c1-c1ccccc1Cl. The molecule has 0 aliphatic heterocycles. The van der Waals surface area contributed by atoms with E-state index in [1.165, 1.54) is 50.6 Å². The van der Waals surface area contributed by atoms with Crippen LogP contribution < -0.4 is 5.73 Å². The van der Waals surface area contributed by atoms with Crippen LogP contribution >= 0.6 is 11.6 Å². The monoisotopic (exact) mass is 303 g/mol. The van der Waals surface area contributed by atoms with Crippen LogP contribution in [-0.2, 0) is 0 Å². The largest absolute Gasteiger partial charge is 0.382 e. The van der Waals surface area contributed by atoms with Crippen LogP contribution in [0.1, 0.15) is 56.6 Å². The van der Waals surface area contributed by atoms with Gasteiger partial charge in [-0.3, -0.25) is 5.10 Å². The molecule has 0 atom stereocenters. The highest BCUT2D eigenvalue weighted by Gasteiger charge is 2.23. The predicted octanol–water partition coefficient (Wildman–Crippen LogP) is 5.14. The lowest BCUT2D eigenvalue weighted by atomic mass is 9.86. The summed E-state index contributed by atoms with van der Waals surface area (Å²) in [5, 5.41) is 8.18. The standard InChI is InChI=1S/C17H22ClN3/c18-14-11-7-6-10-13(14)15-16(20-21-17(15)19)12-8-4-2-1-3-5-9-12/h6-7,10-12H,1-5,8-9H2,(H3,19,20,21). The molecule has 0 saturated heterocycles. The van der Waals surface area contributed by atoms with E-state index in [0.29, 0.717) is 11.7 Å². The number of aromatic nitrogens is 2. The Hall–Kier alpha value is -1.48. The first-order valence-electron chi connectivity index (χ1n) is 7.86. The Balaban J connectivity index is 1.98. The third-order valence-corrected chi connectivity index (χ3v) is 4.81. The van der Waals surface area contributed by atoms with Crippen molar-refractivity contribution in [2.75, 3.05) is 5.73 Å². The fraction of sp³-hybridized carbons (Fsp3) is 0.471. The molecule has 21 heavy (non-hydrogen) atoms. The van der Waals surface area contributed by atoms with Gasteiger partial charge in [-0.2, -0.15) is 5.10 Å². The maximum absolute atomic E-state index is 6.36. The Labute approximate surface area is 130 Å². The van der Waals surface area contributed by atoms with Crippen molar-refractivity contribution in [2.45, 2.75) is 50.9 Å². The lowest BCUT2D eigenvalue weighted by molar-refractivity contribution is 0.449. The molecule has 1 aromatic heterocycles. The maximum atomic E-state index is 6.36. The van der Waals surface area contributed by atoms with Crippen LogP contribution in [0.15, 0.2) is 24.3 Å². The van der Waals surface area contributed by atoms with Crippen molar-refractivity contribution in [1.82, 2.24) is 10.2 Å². The molecular formula is C17H22ClN3. The molecule has 1 aromatic carbocycles. The van der Waals surface area contributed by atoms with Crippen molar-refractivity contribution >= 4 is 17.4 Å². The second-order valence-corrected chi connectivity index (χ2v) is 6.33. The Morgan fingerprint density at radius 3 is 2.43 bits per heavy atom. The highest BCUT2D eigenvalue weighted by molar-refractivity contribution is 6.33. The Morgan fingerprint density at radius 2 is 1.71 bits per heavy atom. The summed E-state index contributed by atoms with van der Waals surface area (Å²) in [4.78, 5) is 0. The van der Waals surface area contributed by atoms with E-state index >= 15 is 0 Å². The van der Waals surface area contributed by atoms with Gasteiger partial charge in [0.05, 0.1) is 0 Å². The van der Waals surface area contributed by atoms with Crippen LogP contribution in [0.2, 0.25) is 5.02 Å². The van der Waals surface area contributed by atoms with Gasteiger partial charge >= 0.3 is 0 Å². The highest BCUT2D eigenvalue weighted by atomic mass is 35.5. The third kappa shape index (κ3) is 3.08. The van der Waals surface area contributed by atoms with E-state index < -0.39 is 0 Å². The van der Waals surface area contributed by atoms with Gasteiger partial charge in [0, 0.05) is 27.8 Å². The van der Waals surface area contributed by atoms with E-state index in [4.69, 9.17) is 17.3 Å². The summed E-state index contributed by atoms with van der Waals surface area (Å²) >= 11 is 6.36. The molecule has 1 fully saturated rings. The van der Waals surface area contributed by atoms with E-state index in [1.54, 1.807) is 0 Å². The molecule has 0 unspecified atom stereocenters. The van der Waals surface area contributed by atoms with Crippen molar-refractivity contribution in [1.29, 1.82) is 0 Å². The highest BCUT2D eigenvalue weighted by Crippen LogP contribution is 2.40. The van der Waals surface area contributed by atoms with Gasteiger partial charge in [0.2, 0.25) is 0 Å². The summed E-state index contributed by atoms with van der Waals surface area (Å²) in [5.41, 5.74) is 9.28. The fourth-order valence-electron chi connectivity index (χ4n) is 3.36. The molecule has 3 rings (SSSR count). The van der Waals surface area contributed by atoms with Crippen molar-refractivity contribution in [3.63, 3.8) is 0 Å². The molecule has 0 amide bonds. The van der Waals surface area contributed by atoms with Crippen LogP contribution in [0.5, 0.6) is 0 Å². The first-order chi connectivity index (χ1) is 10.3. The number of H-pyrrole nitrogens is 1. The molecule has 1 heterocycles. The average molecular weight is 304 g/mol. The Bertz CT molecular complexity index is 598. The number of hydrogen-bond donors (Lipinski definition) is 2. The smallest absolute Gasteiger partial charge is 0.153 e. The summed E-state index contributed by atoms with van der Waals surface area (Å²) in [6.45, 7) is 0. The quantitative estimate of drug-likeness (QED) is 0.807. The average Bonchev–Trinajstić information content (AvgIpc) is 2.81. The van der Waals surface area contributed by atoms with Gasteiger partial charge in [-0.15, -0.1) is 0 Å². The number of aromatic amines is 1. The van der Waals surface area contributed by atoms with Gasteiger partial charge in [-0.05, 0) is 18.9 Å². The van der Waals surface area contributed by atoms with E-state index in [1.807, 2.05) is 24.3 Å². The second-order valence-electron chi connectivity index (χ2n) is 5.92. The zero-order chi connectivity index (χ0) is 14.7. The molecule has 1 aliphatic carbocycles. The predicted molar refractivity (Wildman–Crippen MR) is 88.5 cm³/mol. The molecule has 3 nitrogen and oxygen atoms in total. The first-order valence-corrected chi connectivity index (χ1v) is 8.24. The second kappa shape index (κ2) is 6.52. The lowest BCUT2D eigenvalue weighted by Gasteiger charge is -2.20. The summed E-state index contributed by atoms with van der Waals surface area (Å²) in [6, 6.07) is 7.87. The number of nitrogen functional groups attached to an aromatic ring is 1. The lowest BCUT2D eigenvalue weighted by Crippen LogP contribution is -2.04. The van der Waals surface area contributed by atoms with E-state index in [0.717, 1.165) is 16.1 Å². The molecule has 0 bridgehead atoms. The number of rotatable bonds is 2. The zero-order valence-electron chi connectivity index (χ0n) is 12.2. The van der Waals surface area contributed by atoms with Crippen molar-refractivity contribution in [3.05, 3.63) is 35.0 Å². The van der Waals surface area contributed by atoms with Crippen LogP contribution in [-0.4, -0.2) is 10.2 Å². The number of benzene rings is 1. The van der Waals surface area contributed by atoms with Crippen LogP contribution in [0.25, 0.3) is 11.1 Å². The Morgan fingerprint density at radius 1 is 1.05 bits per heavy atom. The number of nitrogens with zero attached hydrogens (tertiary/aromatic N) is 1. The van der Waals surface area contributed by atoms with Crippen LogP contribution in [0.3, 0.4) is 0 Å². The van der Waals surface area contributed by atoms with Gasteiger partial charge < -0.3 is 5.73 Å². The summed E-state index contributed by atoms with van der Waals surface area (Å²) in [6.07, 6.45) is 9.02. The molecule has 112 valence electrons. The van der Waals surface area contributed by atoms with Gasteiger partial charge in [0.1, 0.15) is 0 Å². The minimum absolute atomic E-state index is 0.515. The molecule has 2 aromatic rings. The van der Waals surface area contributed by atoms with Gasteiger partial charge in [0.25, 0.3) is 0 Å². The zero-order valence-corrected chi connectivity index (χ0v) is 13.0. The van der Waals surface area contributed by atoms with E-state index in [9.17, 15) is 0 Å². The van der Waals surface area contributed by atoms with E-state index in [2.05, 4.69) is 10.2 Å². The molecule has 0 radical (unpaired) electrons. The van der Waals surface area contributed by atoms with E-state index in [-0.39, 0.29) is 0 Å². The van der Waals surface area contributed by atoms with Crippen molar-refractivity contribution in [3.8, 4) is 11.1 Å². The number of hydrogen-bond acceptors (Lipinski definition) is 2. The number of anilines is 1.